The van der Waals surface area contributed by atoms with Crippen molar-refractivity contribution in [2.45, 2.75) is 45.4 Å². The molecule has 0 radical (unpaired) electrons. The second kappa shape index (κ2) is 6.78. The lowest BCUT2D eigenvalue weighted by Crippen LogP contribution is -2.04. The highest BCUT2D eigenvalue weighted by atomic mass is 16.3. The van der Waals surface area contributed by atoms with Gasteiger partial charge in [-0.25, -0.2) is 0 Å². The van der Waals surface area contributed by atoms with E-state index in [1.165, 1.54) is 25.7 Å². The molecule has 0 amide bonds. The number of hydrogen-bond acceptors (Lipinski definition) is 1. The molecule has 1 aliphatic carbocycles. The van der Waals surface area contributed by atoms with Crippen LogP contribution in [0.25, 0.3) is 0 Å². The standard InChI is InChI=1S/C18H24O/c1-2-3-4-8-12-18(14-17(18)15-19)13-11-16-9-6-5-7-10-16/h5-7,9-10,17,19H,2-4,8,12,14-15H2,1H3/t17-,18-/m0/s1. The molecule has 0 saturated heterocycles. The first-order chi connectivity index (χ1) is 9.30. The van der Waals surface area contributed by atoms with Crippen molar-refractivity contribution in [2.75, 3.05) is 6.61 Å². The largest absolute Gasteiger partial charge is 0.396 e. The van der Waals surface area contributed by atoms with Crippen LogP contribution in [0.1, 0.15) is 51.0 Å². The van der Waals surface area contributed by atoms with Gasteiger partial charge in [-0.3, -0.25) is 0 Å². The van der Waals surface area contributed by atoms with E-state index in [1.54, 1.807) is 0 Å². The normalized spacial score (nSPS) is 24.6. The molecule has 0 bridgehead atoms. The molecule has 0 heterocycles. The average Bonchev–Trinajstić information content (AvgIpc) is 3.17. The Morgan fingerprint density at radius 3 is 2.63 bits per heavy atom. The van der Waals surface area contributed by atoms with E-state index < -0.39 is 0 Å². The van der Waals surface area contributed by atoms with Gasteiger partial charge in [-0.1, -0.05) is 62.6 Å². The van der Waals surface area contributed by atoms with Gasteiger partial charge in [0.2, 0.25) is 0 Å². The topological polar surface area (TPSA) is 20.2 Å². The van der Waals surface area contributed by atoms with Crippen molar-refractivity contribution in [3.63, 3.8) is 0 Å². The molecule has 1 heteroatoms. The summed E-state index contributed by atoms with van der Waals surface area (Å²) < 4.78 is 0. The minimum absolute atomic E-state index is 0.109. The third-order valence-corrected chi connectivity index (χ3v) is 4.16. The van der Waals surface area contributed by atoms with E-state index >= 15 is 0 Å². The number of aliphatic hydroxyl groups is 1. The number of rotatable bonds is 6. The van der Waals surface area contributed by atoms with Crippen molar-refractivity contribution >= 4 is 0 Å². The van der Waals surface area contributed by atoms with Crippen LogP contribution >= 0.6 is 0 Å². The molecule has 2 atom stereocenters. The molecule has 0 aromatic heterocycles. The van der Waals surface area contributed by atoms with Crippen LogP contribution in [-0.2, 0) is 0 Å². The fraction of sp³-hybridized carbons (Fsp3) is 0.556. The molecule has 0 spiro atoms. The summed E-state index contributed by atoms with van der Waals surface area (Å²) in [5, 5.41) is 9.37. The Morgan fingerprint density at radius 1 is 1.21 bits per heavy atom. The van der Waals surface area contributed by atoms with Crippen LogP contribution in [-0.4, -0.2) is 11.7 Å². The van der Waals surface area contributed by atoms with Gasteiger partial charge in [0.1, 0.15) is 0 Å². The Balaban J connectivity index is 1.95. The summed E-state index contributed by atoms with van der Waals surface area (Å²) in [6.45, 7) is 2.52. The Kier molecular flexibility index (Phi) is 5.05. The molecule has 1 nitrogen and oxygen atoms in total. The highest BCUT2D eigenvalue weighted by Gasteiger charge is 2.51. The fourth-order valence-electron chi connectivity index (χ4n) is 2.73. The predicted octanol–water partition coefficient (Wildman–Crippen LogP) is 4.01. The van der Waals surface area contributed by atoms with Crippen LogP contribution in [0.5, 0.6) is 0 Å². The maximum absolute atomic E-state index is 9.37. The summed E-state index contributed by atoms with van der Waals surface area (Å²) in [6, 6.07) is 10.2. The molecule has 1 saturated carbocycles. The van der Waals surface area contributed by atoms with E-state index in [4.69, 9.17) is 0 Å². The van der Waals surface area contributed by atoms with E-state index in [1.807, 2.05) is 30.3 Å². The van der Waals surface area contributed by atoms with Gasteiger partial charge in [0.05, 0.1) is 0 Å². The van der Waals surface area contributed by atoms with E-state index in [-0.39, 0.29) is 12.0 Å². The lowest BCUT2D eigenvalue weighted by atomic mass is 9.95. The molecule has 1 N–H and O–H groups in total. The molecule has 1 fully saturated rings. The molecule has 1 aliphatic rings. The van der Waals surface area contributed by atoms with Crippen molar-refractivity contribution in [3.8, 4) is 11.8 Å². The zero-order valence-corrected chi connectivity index (χ0v) is 11.9. The molecular formula is C18H24O. The predicted molar refractivity (Wildman–Crippen MR) is 79.7 cm³/mol. The van der Waals surface area contributed by atoms with Crippen LogP contribution in [0.3, 0.4) is 0 Å². The van der Waals surface area contributed by atoms with Gasteiger partial charge in [-0.15, -0.1) is 0 Å². The minimum Gasteiger partial charge on any atom is -0.396 e. The first kappa shape index (κ1) is 14.2. The van der Waals surface area contributed by atoms with Gasteiger partial charge in [-0.05, 0) is 25.0 Å². The first-order valence-corrected chi connectivity index (χ1v) is 7.50. The van der Waals surface area contributed by atoms with Gasteiger partial charge in [0, 0.05) is 23.5 Å². The van der Waals surface area contributed by atoms with Crippen LogP contribution in [0.2, 0.25) is 0 Å². The van der Waals surface area contributed by atoms with Crippen LogP contribution < -0.4 is 0 Å². The Labute approximate surface area is 117 Å². The van der Waals surface area contributed by atoms with E-state index in [0.717, 1.165) is 18.4 Å². The SMILES string of the molecule is CCCCCC[C@]1(C#Cc2ccccc2)C[C@H]1CO. The summed E-state index contributed by atoms with van der Waals surface area (Å²) in [4.78, 5) is 0. The Hall–Kier alpha value is -1.26. The van der Waals surface area contributed by atoms with Gasteiger partial charge in [-0.2, -0.15) is 0 Å². The minimum atomic E-state index is 0.109. The first-order valence-electron chi connectivity index (χ1n) is 7.50. The second-order valence-corrected chi connectivity index (χ2v) is 5.67. The summed E-state index contributed by atoms with van der Waals surface area (Å²) in [6.07, 6.45) is 7.35. The molecular weight excluding hydrogens is 232 g/mol. The number of hydrogen-bond donors (Lipinski definition) is 1. The molecule has 0 unspecified atom stereocenters. The quantitative estimate of drug-likeness (QED) is 0.602. The maximum atomic E-state index is 9.37. The summed E-state index contributed by atoms with van der Waals surface area (Å²) >= 11 is 0. The summed E-state index contributed by atoms with van der Waals surface area (Å²) in [7, 11) is 0. The second-order valence-electron chi connectivity index (χ2n) is 5.67. The van der Waals surface area contributed by atoms with Crippen molar-refractivity contribution < 1.29 is 5.11 Å². The molecule has 0 aliphatic heterocycles. The average molecular weight is 256 g/mol. The van der Waals surface area contributed by atoms with E-state index in [0.29, 0.717) is 5.92 Å². The number of aliphatic hydroxyl groups excluding tert-OH is 1. The van der Waals surface area contributed by atoms with E-state index in [2.05, 4.69) is 18.8 Å². The number of unbranched alkanes of at least 4 members (excludes halogenated alkanes) is 3. The lowest BCUT2D eigenvalue weighted by Gasteiger charge is -2.09. The monoisotopic (exact) mass is 256 g/mol. The Bertz CT molecular complexity index is 440. The molecule has 19 heavy (non-hydrogen) atoms. The zero-order chi connectivity index (χ0) is 13.6. The molecule has 1 aromatic carbocycles. The smallest absolute Gasteiger partial charge is 0.0474 e. The van der Waals surface area contributed by atoms with Crippen molar-refractivity contribution in [1.29, 1.82) is 0 Å². The Morgan fingerprint density at radius 2 is 2.00 bits per heavy atom. The summed E-state index contributed by atoms with van der Waals surface area (Å²) in [5.74, 6) is 7.15. The van der Waals surface area contributed by atoms with E-state index in [9.17, 15) is 5.11 Å². The summed E-state index contributed by atoms with van der Waals surface area (Å²) in [5.41, 5.74) is 1.19. The highest BCUT2D eigenvalue weighted by molar-refractivity contribution is 5.37. The van der Waals surface area contributed by atoms with Gasteiger partial charge in [0.15, 0.2) is 0 Å². The van der Waals surface area contributed by atoms with Crippen LogP contribution in [0.15, 0.2) is 30.3 Å². The zero-order valence-electron chi connectivity index (χ0n) is 11.9. The van der Waals surface area contributed by atoms with Crippen LogP contribution in [0.4, 0.5) is 0 Å². The van der Waals surface area contributed by atoms with Crippen molar-refractivity contribution in [1.82, 2.24) is 0 Å². The third-order valence-electron chi connectivity index (χ3n) is 4.16. The lowest BCUT2D eigenvalue weighted by molar-refractivity contribution is 0.257. The van der Waals surface area contributed by atoms with Crippen LogP contribution in [0, 0.1) is 23.2 Å². The van der Waals surface area contributed by atoms with Crippen molar-refractivity contribution in [2.24, 2.45) is 11.3 Å². The fourth-order valence-corrected chi connectivity index (χ4v) is 2.73. The molecule has 2 rings (SSSR count). The molecule has 102 valence electrons. The highest BCUT2D eigenvalue weighted by Crippen LogP contribution is 2.55. The van der Waals surface area contributed by atoms with Gasteiger partial charge in [0.25, 0.3) is 0 Å². The third kappa shape index (κ3) is 3.85. The maximum Gasteiger partial charge on any atom is 0.0474 e. The van der Waals surface area contributed by atoms with Gasteiger partial charge < -0.3 is 5.11 Å². The number of benzene rings is 1. The molecule has 1 aromatic rings. The van der Waals surface area contributed by atoms with Crippen molar-refractivity contribution in [3.05, 3.63) is 35.9 Å². The van der Waals surface area contributed by atoms with Gasteiger partial charge >= 0.3 is 0 Å².